The fourth-order valence-electron chi connectivity index (χ4n) is 4.99. The van der Waals surface area contributed by atoms with E-state index in [2.05, 4.69) is 9.80 Å². The SMILES string of the molecule is COc1ccc(CN2C(=O)c3cccc(N4CCN(Cc5cc(F)cc(F)c5)CC4)c3C2=O)cc1OC. The van der Waals surface area contributed by atoms with Crippen molar-refractivity contribution in [3.8, 4) is 11.5 Å². The number of benzene rings is 3. The lowest BCUT2D eigenvalue weighted by molar-refractivity contribution is 0.0642. The van der Waals surface area contributed by atoms with E-state index in [9.17, 15) is 18.4 Å². The zero-order chi connectivity index (χ0) is 26.1. The highest BCUT2D eigenvalue weighted by atomic mass is 19.1. The molecule has 0 saturated carbocycles. The number of anilines is 1. The number of piperazine rings is 1. The summed E-state index contributed by atoms with van der Waals surface area (Å²) >= 11 is 0. The maximum absolute atomic E-state index is 13.6. The van der Waals surface area contributed by atoms with Crippen molar-refractivity contribution in [2.24, 2.45) is 0 Å². The third kappa shape index (κ3) is 4.86. The van der Waals surface area contributed by atoms with Crippen LogP contribution in [0.1, 0.15) is 31.8 Å². The maximum atomic E-state index is 13.6. The van der Waals surface area contributed by atoms with E-state index in [1.165, 1.54) is 24.1 Å². The number of halogens is 2. The van der Waals surface area contributed by atoms with Crippen molar-refractivity contribution in [2.75, 3.05) is 45.3 Å². The summed E-state index contributed by atoms with van der Waals surface area (Å²) in [5.41, 5.74) is 2.85. The summed E-state index contributed by atoms with van der Waals surface area (Å²) in [5, 5.41) is 0. The Morgan fingerprint density at radius 1 is 0.757 bits per heavy atom. The molecule has 192 valence electrons. The predicted molar refractivity (Wildman–Crippen MR) is 134 cm³/mol. The van der Waals surface area contributed by atoms with E-state index >= 15 is 0 Å². The smallest absolute Gasteiger partial charge is 0.263 e. The van der Waals surface area contributed by atoms with Gasteiger partial charge in [-0.05, 0) is 47.5 Å². The quantitative estimate of drug-likeness (QED) is 0.449. The lowest BCUT2D eigenvalue weighted by atomic mass is 10.1. The summed E-state index contributed by atoms with van der Waals surface area (Å²) in [7, 11) is 3.08. The summed E-state index contributed by atoms with van der Waals surface area (Å²) in [6.45, 7) is 3.09. The number of imide groups is 1. The molecule has 7 nitrogen and oxygen atoms in total. The van der Waals surface area contributed by atoms with Crippen LogP contribution >= 0.6 is 0 Å². The van der Waals surface area contributed by atoms with Crippen molar-refractivity contribution in [1.82, 2.24) is 9.80 Å². The first-order valence-electron chi connectivity index (χ1n) is 12.0. The summed E-state index contributed by atoms with van der Waals surface area (Å²) in [5.74, 6) is -0.747. The number of ether oxygens (including phenoxy) is 2. The highest BCUT2D eigenvalue weighted by Gasteiger charge is 2.38. The van der Waals surface area contributed by atoms with E-state index in [1.807, 2.05) is 6.07 Å². The maximum Gasteiger partial charge on any atom is 0.263 e. The summed E-state index contributed by atoms with van der Waals surface area (Å²) in [6.07, 6.45) is 0. The number of hydrogen-bond acceptors (Lipinski definition) is 6. The molecule has 0 unspecified atom stereocenters. The minimum atomic E-state index is -0.589. The van der Waals surface area contributed by atoms with Gasteiger partial charge in [-0.3, -0.25) is 19.4 Å². The number of methoxy groups -OCH3 is 2. The normalized spacial score (nSPS) is 15.8. The second kappa shape index (κ2) is 10.2. The van der Waals surface area contributed by atoms with Gasteiger partial charge in [0, 0.05) is 38.8 Å². The average Bonchev–Trinajstić information content (AvgIpc) is 3.13. The van der Waals surface area contributed by atoms with Gasteiger partial charge in [0.2, 0.25) is 0 Å². The van der Waals surface area contributed by atoms with Gasteiger partial charge in [0.25, 0.3) is 11.8 Å². The Kier molecular flexibility index (Phi) is 6.80. The lowest BCUT2D eigenvalue weighted by Crippen LogP contribution is -2.46. The molecule has 1 fully saturated rings. The minimum Gasteiger partial charge on any atom is -0.493 e. The summed E-state index contributed by atoms with van der Waals surface area (Å²) < 4.78 is 37.7. The van der Waals surface area contributed by atoms with E-state index in [0.29, 0.717) is 60.9 Å². The largest absolute Gasteiger partial charge is 0.493 e. The molecule has 0 aromatic heterocycles. The molecule has 5 rings (SSSR count). The number of amides is 2. The lowest BCUT2D eigenvalue weighted by Gasteiger charge is -2.36. The van der Waals surface area contributed by atoms with E-state index in [4.69, 9.17) is 9.47 Å². The van der Waals surface area contributed by atoms with Crippen molar-refractivity contribution >= 4 is 17.5 Å². The number of hydrogen-bond donors (Lipinski definition) is 0. The van der Waals surface area contributed by atoms with Crippen LogP contribution in [0.3, 0.4) is 0 Å². The Morgan fingerprint density at radius 2 is 1.46 bits per heavy atom. The molecule has 2 heterocycles. The van der Waals surface area contributed by atoms with Gasteiger partial charge in [-0.25, -0.2) is 8.78 Å². The number of nitrogens with zero attached hydrogens (tertiary/aromatic N) is 3. The standard InChI is InChI=1S/C28H27F2N3O4/c1-36-24-7-6-18(14-25(24)37-2)17-33-27(34)22-4-3-5-23(26(22)28(33)35)32-10-8-31(9-11-32)16-19-12-20(29)15-21(30)13-19/h3-7,12-15H,8-11,16-17H2,1-2H3. The van der Waals surface area contributed by atoms with Crippen LogP contribution in [-0.2, 0) is 13.1 Å². The Labute approximate surface area is 213 Å². The van der Waals surface area contributed by atoms with Gasteiger partial charge in [0.15, 0.2) is 11.5 Å². The number of carbonyl (C=O) groups excluding carboxylic acids is 2. The Balaban J connectivity index is 1.31. The van der Waals surface area contributed by atoms with Crippen molar-refractivity contribution in [1.29, 1.82) is 0 Å². The van der Waals surface area contributed by atoms with Crippen LogP contribution in [0.5, 0.6) is 11.5 Å². The van der Waals surface area contributed by atoms with Crippen LogP contribution in [0.15, 0.2) is 54.6 Å². The highest BCUT2D eigenvalue weighted by molar-refractivity contribution is 6.23. The van der Waals surface area contributed by atoms with Crippen LogP contribution < -0.4 is 14.4 Å². The zero-order valence-electron chi connectivity index (χ0n) is 20.7. The highest BCUT2D eigenvalue weighted by Crippen LogP contribution is 2.34. The van der Waals surface area contributed by atoms with E-state index in [0.717, 1.165) is 17.3 Å². The second-order valence-corrected chi connectivity index (χ2v) is 9.13. The van der Waals surface area contributed by atoms with Crippen LogP contribution in [0.4, 0.5) is 14.5 Å². The van der Waals surface area contributed by atoms with Gasteiger partial charge >= 0.3 is 0 Å². The van der Waals surface area contributed by atoms with Gasteiger partial charge < -0.3 is 14.4 Å². The molecular formula is C28H27F2N3O4. The molecule has 0 bridgehead atoms. The molecule has 0 aliphatic carbocycles. The molecule has 3 aromatic carbocycles. The van der Waals surface area contributed by atoms with Gasteiger partial charge in [0.05, 0.1) is 37.6 Å². The Morgan fingerprint density at radius 3 is 2.14 bits per heavy atom. The van der Waals surface area contributed by atoms with Crippen molar-refractivity contribution in [3.05, 3.63) is 88.5 Å². The molecule has 0 atom stereocenters. The van der Waals surface area contributed by atoms with Crippen molar-refractivity contribution in [3.63, 3.8) is 0 Å². The second-order valence-electron chi connectivity index (χ2n) is 9.13. The van der Waals surface area contributed by atoms with Crippen molar-refractivity contribution in [2.45, 2.75) is 13.1 Å². The molecular weight excluding hydrogens is 480 g/mol. The van der Waals surface area contributed by atoms with E-state index in [-0.39, 0.29) is 18.4 Å². The molecule has 37 heavy (non-hydrogen) atoms. The third-order valence-electron chi connectivity index (χ3n) is 6.81. The number of fused-ring (bicyclic) bond motifs is 1. The molecule has 0 N–H and O–H groups in total. The molecule has 2 amide bonds. The van der Waals surface area contributed by atoms with Crippen molar-refractivity contribution < 1.29 is 27.8 Å². The van der Waals surface area contributed by atoms with Crippen LogP contribution in [0, 0.1) is 11.6 Å². The van der Waals surface area contributed by atoms with E-state index < -0.39 is 11.6 Å². The number of rotatable bonds is 7. The monoisotopic (exact) mass is 507 g/mol. The van der Waals surface area contributed by atoms with Gasteiger partial charge in [-0.15, -0.1) is 0 Å². The third-order valence-corrected chi connectivity index (χ3v) is 6.81. The van der Waals surface area contributed by atoms with Crippen LogP contribution in [-0.4, -0.2) is 62.0 Å². The number of carbonyl (C=O) groups is 2. The Bertz CT molecular complexity index is 1330. The first-order chi connectivity index (χ1) is 17.9. The summed E-state index contributed by atoms with van der Waals surface area (Å²) in [6, 6.07) is 14.2. The summed E-state index contributed by atoms with van der Waals surface area (Å²) in [4.78, 5) is 32.1. The van der Waals surface area contributed by atoms with Crippen LogP contribution in [0.2, 0.25) is 0 Å². The van der Waals surface area contributed by atoms with Gasteiger partial charge in [-0.1, -0.05) is 12.1 Å². The molecule has 2 aliphatic heterocycles. The Hall–Kier alpha value is -3.98. The van der Waals surface area contributed by atoms with Gasteiger partial charge in [-0.2, -0.15) is 0 Å². The zero-order valence-corrected chi connectivity index (χ0v) is 20.7. The molecule has 9 heteroatoms. The molecule has 3 aromatic rings. The van der Waals surface area contributed by atoms with Gasteiger partial charge in [0.1, 0.15) is 11.6 Å². The minimum absolute atomic E-state index is 0.115. The molecule has 1 saturated heterocycles. The van der Waals surface area contributed by atoms with Crippen LogP contribution in [0.25, 0.3) is 0 Å². The first kappa shape index (κ1) is 24.7. The average molecular weight is 508 g/mol. The van der Waals surface area contributed by atoms with E-state index in [1.54, 1.807) is 37.4 Å². The fourth-order valence-corrected chi connectivity index (χ4v) is 4.99. The fraction of sp³-hybridized carbons (Fsp3) is 0.286. The predicted octanol–water partition coefficient (Wildman–Crippen LogP) is 4.10. The topological polar surface area (TPSA) is 62.3 Å². The molecule has 0 spiro atoms. The molecule has 2 aliphatic rings. The first-order valence-corrected chi connectivity index (χ1v) is 12.0. The molecule has 0 radical (unpaired) electrons.